The molecule has 0 saturated carbocycles. The first-order valence-electron chi connectivity index (χ1n) is 8.17. The molecule has 2 aliphatic heterocycles. The van der Waals surface area contributed by atoms with Gasteiger partial charge in [0.1, 0.15) is 12.6 Å². The highest BCUT2D eigenvalue weighted by Gasteiger charge is 2.33. The van der Waals surface area contributed by atoms with Gasteiger partial charge in [0.2, 0.25) is 11.8 Å². The zero-order chi connectivity index (χ0) is 16.9. The number of ether oxygens (including phenoxy) is 1. The molecule has 0 spiro atoms. The van der Waals surface area contributed by atoms with Gasteiger partial charge in [-0.1, -0.05) is 30.3 Å². The van der Waals surface area contributed by atoms with Gasteiger partial charge in [0, 0.05) is 32.6 Å². The van der Waals surface area contributed by atoms with Gasteiger partial charge < -0.3 is 19.9 Å². The highest BCUT2D eigenvalue weighted by molar-refractivity contribution is 5.90. The number of piperazine rings is 1. The monoisotopic (exact) mass is 331 g/mol. The van der Waals surface area contributed by atoms with Crippen molar-refractivity contribution in [2.24, 2.45) is 0 Å². The van der Waals surface area contributed by atoms with Crippen LogP contribution < -0.4 is 5.32 Å². The first-order chi connectivity index (χ1) is 11.6. The smallest absolute Gasteiger partial charge is 0.410 e. The molecular formula is C17H21N3O4. The summed E-state index contributed by atoms with van der Waals surface area (Å²) >= 11 is 0. The number of nitrogens with zero attached hydrogens (tertiary/aromatic N) is 2. The quantitative estimate of drug-likeness (QED) is 0.886. The Kier molecular flexibility index (Phi) is 4.98. The highest BCUT2D eigenvalue weighted by Crippen LogP contribution is 2.13. The van der Waals surface area contributed by atoms with E-state index in [-0.39, 0.29) is 24.5 Å². The molecule has 2 heterocycles. The van der Waals surface area contributed by atoms with Crippen molar-refractivity contribution in [1.29, 1.82) is 0 Å². The molecule has 2 fully saturated rings. The van der Waals surface area contributed by atoms with Crippen molar-refractivity contribution in [2.75, 3.05) is 26.2 Å². The Labute approximate surface area is 140 Å². The van der Waals surface area contributed by atoms with Crippen molar-refractivity contribution in [3.8, 4) is 0 Å². The Morgan fingerprint density at radius 3 is 2.38 bits per heavy atom. The Bertz CT molecular complexity index is 612. The Hall–Kier alpha value is -2.57. The second kappa shape index (κ2) is 7.33. The SMILES string of the molecule is O=C1CC[C@H](C(=O)N2CCN(C(=O)OCc3ccccc3)CC2)N1. The van der Waals surface area contributed by atoms with Crippen LogP contribution in [0.15, 0.2) is 30.3 Å². The zero-order valence-electron chi connectivity index (χ0n) is 13.4. The van der Waals surface area contributed by atoms with E-state index in [1.54, 1.807) is 9.80 Å². The van der Waals surface area contributed by atoms with E-state index in [0.29, 0.717) is 39.0 Å². The molecule has 1 atom stereocenters. The molecule has 2 saturated heterocycles. The largest absolute Gasteiger partial charge is 0.445 e. The van der Waals surface area contributed by atoms with Crippen LogP contribution in [0.1, 0.15) is 18.4 Å². The molecule has 7 heteroatoms. The van der Waals surface area contributed by atoms with Crippen LogP contribution in [0, 0.1) is 0 Å². The Balaban J connectivity index is 1.43. The number of rotatable bonds is 3. The number of hydrogen-bond acceptors (Lipinski definition) is 4. The molecule has 0 unspecified atom stereocenters. The van der Waals surface area contributed by atoms with E-state index in [1.807, 2.05) is 30.3 Å². The lowest BCUT2D eigenvalue weighted by molar-refractivity contribution is -0.135. The molecule has 7 nitrogen and oxygen atoms in total. The van der Waals surface area contributed by atoms with Gasteiger partial charge in [0.25, 0.3) is 0 Å². The summed E-state index contributed by atoms with van der Waals surface area (Å²) in [5, 5.41) is 2.69. The second-order valence-corrected chi connectivity index (χ2v) is 6.01. The van der Waals surface area contributed by atoms with Crippen molar-refractivity contribution >= 4 is 17.9 Å². The molecule has 0 radical (unpaired) electrons. The maximum atomic E-state index is 12.3. The van der Waals surface area contributed by atoms with Crippen LogP contribution in [0.25, 0.3) is 0 Å². The predicted molar refractivity (Wildman–Crippen MR) is 85.9 cm³/mol. The molecule has 24 heavy (non-hydrogen) atoms. The lowest BCUT2D eigenvalue weighted by atomic mass is 10.2. The first-order valence-corrected chi connectivity index (χ1v) is 8.17. The van der Waals surface area contributed by atoms with Crippen LogP contribution in [0.4, 0.5) is 4.79 Å². The minimum absolute atomic E-state index is 0.0573. The number of hydrogen-bond donors (Lipinski definition) is 1. The third-order valence-electron chi connectivity index (χ3n) is 4.35. The van der Waals surface area contributed by atoms with E-state index in [9.17, 15) is 14.4 Å². The molecule has 1 aromatic rings. The van der Waals surface area contributed by atoms with Crippen molar-refractivity contribution in [1.82, 2.24) is 15.1 Å². The summed E-state index contributed by atoms with van der Waals surface area (Å²) in [4.78, 5) is 38.9. The summed E-state index contributed by atoms with van der Waals surface area (Å²) in [6.07, 6.45) is 0.597. The van der Waals surface area contributed by atoms with Crippen LogP contribution in [0.3, 0.4) is 0 Å². The lowest BCUT2D eigenvalue weighted by Crippen LogP contribution is -2.54. The molecule has 128 valence electrons. The Morgan fingerprint density at radius 2 is 1.75 bits per heavy atom. The van der Waals surface area contributed by atoms with Crippen molar-refractivity contribution in [2.45, 2.75) is 25.5 Å². The lowest BCUT2D eigenvalue weighted by Gasteiger charge is -2.35. The summed E-state index contributed by atoms with van der Waals surface area (Å²) in [5.41, 5.74) is 0.941. The average molecular weight is 331 g/mol. The molecular weight excluding hydrogens is 310 g/mol. The van der Waals surface area contributed by atoms with Crippen molar-refractivity contribution in [3.63, 3.8) is 0 Å². The van der Waals surface area contributed by atoms with E-state index >= 15 is 0 Å². The van der Waals surface area contributed by atoms with Crippen LogP contribution in [0.2, 0.25) is 0 Å². The van der Waals surface area contributed by atoms with Gasteiger partial charge in [0.15, 0.2) is 0 Å². The predicted octanol–water partition coefficient (Wildman–Crippen LogP) is 0.746. The number of carbonyl (C=O) groups excluding carboxylic acids is 3. The molecule has 2 aliphatic rings. The van der Waals surface area contributed by atoms with E-state index < -0.39 is 6.04 Å². The molecule has 1 aromatic carbocycles. The fourth-order valence-corrected chi connectivity index (χ4v) is 2.94. The van der Waals surface area contributed by atoms with E-state index in [4.69, 9.17) is 4.74 Å². The normalized spacial score (nSPS) is 20.7. The summed E-state index contributed by atoms with van der Waals surface area (Å²) in [6.45, 7) is 2.06. The molecule has 0 aliphatic carbocycles. The van der Waals surface area contributed by atoms with Crippen LogP contribution in [-0.4, -0.2) is 59.9 Å². The summed E-state index contributed by atoms with van der Waals surface area (Å²) in [6, 6.07) is 9.10. The highest BCUT2D eigenvalue weighted by atomic mass is 16.6. The molecule has 1 N–H and O–H groups in total. The van der Waals surface area contributed by atoms with Crippen molar-refractivity contribution < 1.29 is 19.1 Å². The maximum absolute atomic E-state index is 12.3. The van der Waals surface area contributed by atoms with Crippen LogP contribution >= 0.6 is 0 Å². The molecule has 0 bridgehead atoms. The van der Waals surface area contributed by atoms with Gasteiger partial charge >= 0.3 is 6.09 Å². The topological polar surface area (TPSA) is 79.0 Å². The summed E-state index contributed by atoms with van der Waals surface area (Å²) in [7, 11) is 0. The van der Waals surface area contributed by atoms with Crippen molar-refractivity contribution in [3.05, 3.63) is 35.9 Å². The second-order valence-electron chi connectivity index (χ2n) is 6.01. The fraction of sp³-hybridized carbons (Fsp3) is 0.471. The van der Waals surface area contributed by atoms with E-state index in [2.05, 4.69) is 5.32 Å². The minimum atomic E-state index is -0.408. The number of benzene rings is 1. The van der Waals surface area contributed by atoms with Gasteiger partial charge in [-0.2, -0.15) is 0 Å². The van der Waals surface area contributed by atoms with Crippen LogP contribution in [-0.2, 0) is 20.9 Å². The van der Waals surface area contributed by atoms with Gasteiger partial charge in [-0.25, -0.2) is 4.79 Å². The zero-order valence-corrected chi connectivity index (χ0v) is 13.4. The number of amides is 3. The fourth-order valence-electron chi connectivity index (χ4n) is 2.94. The van der Waals surface area contributed by atoms with Crippen LogP contribution in [0.5, 0.6) is 0 Å². The standard InChI is InChI=1S/C17H21N3O4/c21-15-7-6-14(18-15)16(22)19-8-10-20(11-9-19)17(23)24-12-13-4-2-1-3-5-13/h1-5,14H,6-12H2,(H,18,21)/t14-/m1/s1. The third-order valence-corrected chi connectivity index (χ3v) is 4.35. The maximum Gasteiger partial charge on any atom is 0.410 e. The van der Waals surface area contributed by atoms with Gasteiger partial charge in [-0.3, -0.25) is 9.59 Å². The minimum Gasteiger partial charge on any atom is -0.445 e. The Morgan fingerprint density at radius 1 is 1.08 bits per heavy atom. The number of nitrogens with one attached hydrogen (secondary N) is 1. The first kappa shape index (κ1) is 16.3. The van der Waals surface area contributed by atoms with Gasteiger partial charge in [-0.15, -0.1) is 0 Å². The molecule has 3 rings (SSSR count). The number of carbonyl (C=O) groups is 3. The summed E-state index contributed by atoms with van der Waals surface area (Å²) in [5.74, 6) is -0.130. The molecule has 0 aromatic heterocycles. The molecule has 3 amide bonds. The van der Waals surface area contributed by atoms with Gasteiger partial charge in [-0.05, 0) is 12.0 Å². The van der Waals surface area contributed by atoms with E-state index in [0.717, 1.165) is 5.56 Å². The van der Waals surface area contributed by atoms with Gasteiger partial charge in [0.05, 0.1) is 0 Å². The summed E-state index contributed by atoms with van der Waals surface area (Å²) < 4.78 is 5.30. The third kappa shape index (κ3) is 3.84. The average Bonchev–Trinajstić information content (AvgIpc) is 3.06. The van der Waals surface area contributed by atoms with E-state index in [1.165, 1.54) is 0 Å².